The van der Waals surface area contributed by atoms with Gasteiger partial charge in [-0.25, -0.2) is 4.79 Å². The lowest BCUT2D eigenvalue weighted by Gasteiger charge is -2.40. The number of hydrogen-bond donors (Lipinski definition) is 0. The summed E-state index contributed by atoms with van der Waals surface area (Å²) in [5.74, 6) is 0.404. The number of carbonyl (C=O) groups excluding carboxylic acids is 1. The molecule has 1 aromatic rings. The van der Waals surface area contributed by atoms with Crippen LogP contribution in [0, 0.1) is 6.92 Å². The molecule has 0 spiro atoms. The third-order valence-electron chi connectivity index (χ3n) is 3.12. The van der Waals surface area contributed by atoms with Crippen molar-refractivity contribution in [3.63, 3.8) is 0 Å². The van der Waals surface area contributed by atoms with Crippen LogP contribution < -0.4 is 0 Å². The van der Waals surface area contributed by atoms with E-state index in [0.717, 1.165) is 17.6 Å². The molecule has 1 heterocycles. The van der Waals surface area contributed by atoms with Crippen LogP contribution in [0.2, 0.25) is 0 Å². The lowest BCUT2D eigenvalue weighted by atomic mass is 9.91. The zero-order chi connectivity index (χ0) is 14.2. The first-order valence-corrected chi connectivity index (χ1v) is 7.29. The zero-order valence-corrected chi connectivity index (χ0v) is 13.5. The Morgan fingerprint density at radius 1 is 1.37 bits per heavy atom. The first-order valence-electron chi connectivity index (χ1n) is 6.50. The Balaban J connectivity index is 1.96. The summed E-state index contributed by atoms with van der Waals surface area (Å²) >= 11 is 3.58. The number of amides is 1. The van der Waals surface area contributed by atoms with E-state index in [-0.39, 0.29) is 6.09 Å². The maximum absolute atomic E-state index is 11.9. The van der Waals surface area contributed by atoms with Crippen molar-refractivity contribution in [3.8, 4) is 0 Å². The fourth-order valence-corrected chi connectivity index (χ4v) is 2.70. The highest BCUT2D eigenvalue weighted by atomic mass is 79.9. The second-order valence-corrected chi connectivity index (χ2v) is 6.96. The van der Waals surface area contributed by atoms with Gasteiger partial charge in [-0.05, 0) is 39.3 Å². The lowest BCUT2D eigenvalue weighted by Crippen LogP contribution is -2.50. The molecule has 0 aromatic heterocycles. The molecule has 0 aliphatic carbocycles. The minimum Gasteiger partial charge on any atom is -0.444 e. The Labute approximate surface area is 123 Å². The molecule has 1 amide bonds. The topological polar surface area (TPSA) is 29.5 Å². The summed E-state index contributed by atoms with van der Waals surface area (Å²) in [6.07, 6.45) is -0.215. The first-order chi connectivity index (χ1) is 8.76. The quantitative estimate of drug-likeness (QED) is 0.778. The summed E-state index contributed by atoms with van der Waals surface area (Å²) in [6.45, 7) is 9.21. The van der Waals surface area contributed by atoms with Gasteiger partial charge in [-0.3, -0.25) is 0 Å². The van der Waals surface area contributed by atoms with Crippen molar-refractivity contribution in [2.75, 3.05) is 13.1 Å². The Morgan fingerprint density at radius 2 is 2.00 bits per heavy atom. The highest BCUT2D eigenvalue weighted by Crippen LogP contribution is 2.33. The minimum absolute atomic E-state index is 0.215. The van der Waals surface area contributed by atoms with E-state index in [0.29, 0.717) is 5.92 Å². The van der Waals surface area contributed by atoms with Gasteiger partial charge < -0.3 is 9.64 Å². The molecule has 19 heavy (non-hydrogen) atoms. The van der Waals surface area contributed by atoms with Gasteiger partial charge in [0.15, 0.2) is 0 Å². The van der Waals surface area contributed by atoms with Crippen LogP contribution in [-0.2, 0) is 4.74 Å². The monoisotopic (exact) mass is 325 g/mol. The molecule has 1 aromatic carbocycles. The SMILES string of the molecule is Cc1ccc(Br)c(C2CN(C(=O)OC(C)(C)C)C2)c1. The number of halogens is 1. The molecule has 1 fully saturated rings. The summed E-state index contributed by atoms with van der Waals surface area (Å²) in [5.41, 5.74) is 2.10. The first kappa shape index (κ1) is 14.4. The van der Waals surface area contributed by atoms with E-state index in [1.54, 1.807) is 4.90 Å². The van der Waals surface area contributed by atoms with Crippen LogP contribution in [0.4, 0.5) is 4.79 Å². The van der Waals surface area contributed by atoms with Gasteiger partial charge >= 0.3 is 6.09 Å². The van der Waals surface area contributed by atoms with Crippen molar-refractivity contribution in [1.82, 2.24) is 4.90 Å². The van der Waals surface area contributed by atoms with Crippen LogP contribution in [0.3, 0.4) is 0 Å². The van der Waals surface area contributed by atoms with Gasteiger partial charge in [-0.15, -0.1) is 0 Å². The molecule has 0 atom stereocenters. The molecule has 2 rings (SSSR count). The van der Waals surface area contributed by atoms with Crippen LogP contribution in [0.25, 0.3) is 0 Å². The maximum Gasteiger partial charge on any atom is 0.410 e. The van der Waals surface area contributed by atoms with Crippen molar-refractivity contribution < 1.29 is 9.53 Å². The second kappa shape index (κ2) is 5.16. The number of benzene rings is 1. The van der Waals surface area contributed by atoms with E-state index in [9.17, 15) is 4.79 Å². The Bertz CT molecular complexity index is 487. The largest absolute Gasteiger partial charge is 0.444 e. The standard InChI is InChI=1S/C15H20BrNO2/c1-10-5-6-13(16)12(7-10)11-8-17(9-11)14(18)19-15(2,3)4/h5-7,11H,8-9H2,1-4H3. The van der Waals surface area contributed by atoms with Crippen LogP contribution in [0.15, 0.2) is 22.7 Å². The van der Waals surface area contributed by atoms with Gasteiger partial charge in [0.2, 0.25) is 0 Å². The molecule has 3 nitrogen and oxygen atoms in total. The lowest BCUT2D eigenvalue weighted by molar-refractivity contribution is 0.00814. The molecule has 0 saturated carbocycles. The van der Waals surface area contributed by atoms with Crippen LogP contribution in [0.1, 0.15) is 37.8 Å². The molecule has 0 bridgehead atoms. The van der Waals surface area contributed by atoms with Crippen molar-refractivity contribution in [2.45, 2.75) is 39.2 Å². The van der Waals surface area contributed by atoms with E-state index in [1.165, 1.54) is 11.1 Å². The zero-order valence-electron chi connectivity index (χ0n) is 11.9. The molecule has 0 unspecified atom stereocenters. The van der Waals surface area contributed by atoms with Crippen molar-refractivity contribution in [3.05, 3.63) is 33.8 Å². The van der Waals surface area contributed by atoms with E-state index >= 15 is 0 Å². The van der Waals surface area contributed by atoms with Gasteiger partial charge in [0.25, 0.3) is 0 Å². The predicted molar refractivity (Wildman–Crippen MR) is 79.4 cm³/mol. The number of likely N-dealkylation sites (tertiary alicyclic amines) is 1. The molecule has 4 heteroatoms. The second-order valence-electron chi connectivity index (χ2n) is 6.11. The number of rotatable bonds is 1. The average molecular weight is 326 g/mol. The Morgan fingerprint density at radius 3 is 2.58 bits per heavy atom. The third-order valence-corrected chi connectivity index (χ3v) is 3.85. The van der Waals surface area contributed by atoms with Crippen LogP contribution in [0.5, 0.6) is 0 Å². The van der Waals surface area contributed by atoms with Gasteiger partial charge in [-0.2, -0.15) is 0 Å². The van der Waals surface area contributed by atoms with Crippen LogP contribution in [-0.4, -0.2) is 29.7 Å². The van der Waals surface area contributed by atoms with Crippen LogP contribution >= 0.6 is 15.9 Å². The molecule has 1 saturated heterocycles. The molecule has 1 aliphatic heterocycles. The number of ether oxygens (including phenoxy) is 1. The fraction of sp³-hybridized carbons (Fsp3) is 0.533. The summed E-state index contributed by atoms with van der Waals surface area (Å²) in [4.78, 5) is 13.6. The number of hydrogen-bond acceptors (Lipinski definition) is 2. The van der Waals surface area contributed by atoms with Gasteiger partial charge in [0.1, 0.15) is 5.60 Å². The number of aryl methyl sites for hydroxylation is 1. The summed E-state index contributed by atoms with van der Waals surface area (Å²) in [5, 5.41) is 0. The van der Waals surface area contributed by atoms with Crippen molar-refractivity contribution in [2.24, 2.45) is 0 Å². The predicted octanol–water partition coefficient (Wildman–Crippen LogP) is 4.09. The maximum atomic E-state index is 11.9. The third kappa shape index (κ3) is 3.50. The van der Waals surface area contributed by atoms with E-state index in [2.05, 4.69) is 41.1 Å². The number of carbonyl (C=O) groups is 1. The molecule has 0 N–H and O–H groups in total. The molecule has 104 valence electrons. The Kier molecular flexibility index (Phi) is 3.90. The van der Waals surface area contributed by atoms with Gasteiger partial charge in [0.05, 0.1) is 0 Å². The van der Waals surface area contributed by atoms with E-state index in [4.69, 9.17) is 4.74 Å². The van der Waals surface area contributed by atoms with E-state index in [1.807, 2.05) is 20.8 Å². The smallest absolute Gasteiger partial charge is 0.410 e. The summed E-state index contributed by atoms with van der Waals surface area (Å²) < 4.78 is 6.47. The summed E-state index contributed by atoms with van der Waals surface area (Å²) in [6, 6.07) is 6.33. The highest BCUT2D eigenvalue weighted by Gasteiger charge is 2.35. The normalized spacial score (nSPS) is 16.2. The number of nitrogens with zero attached hydrogens (tertiary/aromatic N) is 1. The molecule has 0 radical (unpaired) electrons. The van der Waals surface area contributed by atoms with Crippen molar-refractivity contribution in [1.29, 1.82) is 0 Å². The highest BCUT2D eigenvalue weighted by molar-refractivity contribution is 9.10. The molecule has 1 aliphatic rings. The fourth-order valence-electron chi connectivity index (χ4n) is 2.13. The summed E-state index contributed by atoms with van der Waals surface area (Å²) in [7, 11) is 0. The van der Waals surface area contributed by atoms with Gasteiger partial charge in [0, 0.05) is 23.5 Å². The minimum atomic E-state index is -0.425. The Hall–Kier alpha value is -1.03. The van der Waals surface area contributed by atoms with Crippen molar-refractivity contribution >= 4 is 22.0 Å². The van der Waals surface area contributed by atoms with Gasteiger partial charge in [-0.1, -0.05) is 33.6 Å². The average Bonchev–Trinajstić information content (AvgIpc) is 2.18. The molecular weight excluding hydrogens is 306 g/mol. The molecular formula is C15H20BrNO2. The van der Waals surface area contributed by atoms with E-state index < -0.39 is 5.60 Å².